The van der Waals surface area contributed by atoms with Crippen LogP contribution in [0.1, 0.15) is 54.4 Å². The number of esters is 1. The average molecular weight is 420 g/mol. The lowest BCUT2D eigenvalue weighted by Crippen LogP contribution is -2.49. The van der Waals surface area contributed by atoms with Crippen LogP contribution in [0.4, 0.5) is 0 Å². The lowest BCUT2D eigenvalue weighted by Gasteiger charge is -2.38. The zero-order chi connectivity index (χ0) is 19.7. The molecule has 2 aromatic rings. The van der Waals surface area contributed by atoms with Crippen LogP contribution >= 0.6 is 12.4 Å². The summed E-state index contributed by atoms with van der Waals surface area (Å²) in [6.45, 7) is 4.71. The van der Waals surface area contributed by atoms with Crippen molar-refractivity contribution in [1.82, 2.24) is 15.2 Å². The minimum absolute atomic E-state index is 0. The maximum Gasteiger partial charge on any atom is 0.310 e. The van der Waals surface area contributed by atoms with Crippen molar-refractivity contribution < 1.29 is 14.3 Å². The number of fused-ring (bicyclic) bond motifs is 1. The Morgan fingerprint density at radius 1 is 1.17 bits per heavy atom. The number of hydrogen-bond acceptors (Lipinski definition) is 4. The van der Waals surface area contributed by atoms with Gasteiger partial charge in [-0.15, -0.1) is 12.4 Å². The number of carbonyl (C=O) groups excluding carboxylic acids is 2. The largest absolute Gasteiger partial charge is 0.469 e. The Bertz CT molecular complexity index is 875. The predicted molar refractivity (Wildman–Crippen MR) is 116 cm³/mol. The molecular formula is C22H30ClN3O3. The Morgan fingerprint density at radius 3 is 2.66 bits per heavy atom. The number of aromatic nitrogens is 1. The van der Waals surface area contributed by atoms with Gasteiger partial charge < -0.3 is 19.9 Å². The van der Waals surface area contributed by atoms with E-state index in [-0.39, 0.29) is 36.2 Å². The number of halogens is 1. The number of likely N-dealkylation sites (tertiary alicyclic amines) is 1. The van der Waals surface area contributed by atoms with Crippen molar-refractivity contribution in [1.29, 1.82) is 0 Å². The first-order valence-corrected chi connectivity index (χ1v) is 10.3. The molecule has 2 atom stereocenters. The number of benzene rings is 1. The highest BCUT2D eigenvalue weighted by Crippen LogP contribution is 2.33. The van der Waals surface area contributed by atoms with Gasteiger partial charge in [0.25, 0.3) is 5.91 Å². The van der Waals surface area contributed by atoms with E-state index in [9.17, 15) is 9.59 Å². The van der Waals surface area contributed by atoms with Crippen LogP contribution in [-0.4, -0.2) is 54.5 Å². The van der Waals surface area contributed by atoms with Gasteiger partial charge in [-0.1, -0.05) is 0 Å². The van der Waals surface area contributed by atoms with E-state index in [2.05, 4.69) is 16.5 Å². The number of amides is 1. The molecule has 0 radical (unpaired) electrons. The Balaban J connectivity index is 0.00000240. The lowest BCUT2D eigenvalue weighted by molar-refractivity contribution is -0.148. The van der Waals surface area contributed by atoms with Crippen molar-refractivity contribution >= 4 is 35.2 Å². The summed E-state index contributed by atoms with van der Waals surface area (Å²) in [4.78, 5) is 30.5. The van der Waals surface area contributed by atoms with Gasteiger partial charge in [0.05, 0.1) is 13.0 Å². The number of nitrogens with zero attached hydrogens (tertiary/aromatic N) is 1. The van der Waals surface area contributed by atoms with Gasteiger partial charge in [-0.25, -0.2) is 0 Å². The smallest absolute Gasteiger partial charge is 0.310 e. The minimum atomic E-state index is -0.246. The molecule has 3 heterocycles. The molecule has 2 saturated heterocycles. The molecule has 7 heteroatoms. The summed E-state index contributed by atoms with van der Waals surface area (Å²) in [5.74, 6) is 0.0571. The van der Waals surface area contributed by atoms with Crippen molar-refractivity contribution in [2.24, 2.45) is 5.92 Å². The zero-order valence-electron chi connectivity index (χ0n) is 17.1. The van der Waals surface area contributed by atoms with E-state index in [0.717, 1.165) is 49.7 Å². The second kappa shape index (κ2) is 9.18. The summed E-state index contributed by atoms with van der Waals surface area (Å²) in [5.41, 5.74) is 3.08. The minimum Gasteiger partial charge on any atom is -0.469 e. The van der Waals surface area contributed by atoms with Crippen LogP contribution < -0.4 is 5.32 Å². The molecule has 2 aliphatic rings. The third-order valence-corrected chi connectivity index (χ3v) is 6.49. The molecular weight excluding hydrogens is 390 g/mol. The molecule has 0 aliphatic carbocycles. The topological polar surface area (TPSA) is 74.4 Å². The number of hydrogen-bond donors (Lipinski definition) is 2. The number of H-pyrrole nitrogens is 1. The standard InChI is InChI=1S/C22H29N3O3.ClH/c1-14-17(22(27)28-2)4-3-11-25(14)21(26)16-5-6-20-18(12-16)19(13-24-20)15-7-9-23-10-8-15;/h5-6,12-15,17,23-24H,3-4,7-11H2,1-2H3;1H. The van der Waals surface area contributed by atoms with Gasteiger partial charge in [-0.05, 0) is 75.4 Å². The van der Waals surface area contributed by atoms with Crippen LogP contribution in [0, 0.1) is 5.92 Å². The summed E-state index contributed by atoms with van der Waals surface area (Å²) >= 11 is 0. The molecule has 0 spiro atoms. The number of carbonyl (C=O) groups is 2. The highest BCUT2D eigenvalue weighted by molar-refractivity contribution is 5.99. The van der Waals surface area contributed by atoms with E-state index >= 15 is 0 Å². The molecule has 1 aromatic heterocycles. The van der Waals surface area contributed by atoms with Crippen molar-refractivity contribution in [3.63, 3.8) is 0 Å². The van der Waals surface area contributed by atoms with Gasteiger partial charge in [-0.2, -0.15) is 0 Å². The number of ether oxygens (including phenoxy) is 1. The molecule has 0 saturated carbocycles. The Morgan fingerprint density at radius 2 is 1.93 bits per heavy atom. The fourth-order valence-corrected chi connectivity index (χ4v) is 4.81. The summed E-state index contributed by atoms with van der Waals surface area (Å²) in [6.07, 6.45) is 5.94. The van der Waals surface area contributed by atoms with Gasteiger partial charge in [-0.3, -0.25) is 9.59 Å². The summed E-state index contributed by atoms with van der Waals surface area (Å²) < 4.78 is 4.94. The van der Waals surface area contributed by atoms with Gasteiger partial charge in [0.1, 0.15) is 0 Å². The molecule has 2 unspecified atom stereocenters. The fourth-order valence-electron chi connectivity index (χ4n) is 4.81. The highest BCUT2D eigenvalue weighted by atomic mass is 35.5. The normalized spacial score (nSPS) is 22.9. The number of nitrogens with one attached hydrogen (secondary N) is 2. The van der Waals surface area contributed by atoms with Crippen LogP contribution in [0.5, 0.6) is 0 Å². The Labute approximate surface area is 177 Å². The van der Waals surface area contributed by atoms with E-state index in [1.807, 2.05) is 30.0 Å². The van der Waals surface area contributed by atoms with E-state index in [1.165, 1.54) is 12.7 Å². The Kier molecular flexibility index (Phi) is 6.85. The average Bonchev–Trinajstić information content (AvgIpc) is 3.16. The molecule has 2 N–H and O–H groups in total. The fraction of sp³-hybridized carbons (Fsp3) is 0.545. The second-order valence-electron chi connectivity index (χ2n) is 8.04. The van der Waals surface area contributed by atoms with Gasteiger partial charge >= 0.3 is 5.97 Å². The highest BCUT2D eigenvalue weighted by Gasteiger charge is 2.36. The van der Waals surface area contributed by atoms with Crippen LogP contribution in [-0.2, 0) is 9.53 Å². The molecule has 29 heavy (non-hydrogen) atoms. The van der Waals surface area contributed by atoms with Crippen LogP contribution in [0.15, 0.2) is 24.4 Å². The molecule has 1 amide bonds. The number of piperidine rings is 2. The summed E-state index contributed by atoms with van der Waals surface area (Å²) in [6, 6.07) is 5.76. The monoisotopic (exact) mass is 419 g/mol. The molecule has 4 rings (SSSR count). The molecule has 158 valence electrons. The zero-order valence-corrected chi connectivity index (χ0v) is 17.9. The van der Waals surface area contributed by atoms with Crippen molar-refractivity contribution in [3.05, 3.63) is 35.5 Å². The molecule has 2 fully saturated rings. The second-order valence-corrected chi connectivity index (χ2v) is 8.04. The third kappa shape index (κ3) is 4.14. The van der Waals surface area contributed by atoms with Crippen LogP contribution in [0.3, 0.4) is 0 Å². The SMILES string of the molecule is COC(=O)C1CCCN(C(=O)c2ccc3[nH]cc(C4CCNCC4)c3c2)C1C.Cl. The quantitative estimate of drug-likeness (QED) is 0.747. The summed E-state index contributed by atoms with van der Waals surface area (Å²) in [5, 5.41) is 4.56. The van der Waals surface area contributed by atoms with Gasteiger partial charge in [0, 0.05) is 35.2 Å². The predicted octanol–water partition coefficient (Wildman–Crippen LogP) is 3.47. The van der Waals surface area contributed by atoms with E-state index < -0.39 is 0 Å². The maximum absolute atomic E-state index is 13.3. The summed E-state index contributed by atoms with van der Waals surface area (Å²) in [7, 11) is 1.41. The maximum atomic E-state index is 13.3. The number of methoxy groups -OCH3 is 1. The number of aromatic amines is 1. The third-order valence-electron chi connectivity index (χ3n) is 6.49. The van der Waals surface area contributed by atoms with Crippen molar-refractivity contribution in [3.8, 4) is 0 Å². The van der Waals surface area contributed by atoms with Crippen molar-refractivity contribution in [2.75, 3.05) is 26.7 Å². The molecule has 0 bridgehead atoms. The molecule has 2 aliphatic heterocycles. The first kappa shape index (κ1) is 21.7. The lowest BCUT2D eigenvalue weighted by atomic mass is 9.88. The first-order valence-electron chi connectivity index (χ1n) is 10.3. The Hall–Kier alpha value is -2.05. The van der Waals surface area contributed by atoms with E-state index in [1.54, 1.807) is 0 Å². The van der Waals surface area contributed by atoms with E-state index in [4.69, 9.17) is 4.74 Å². The van der Waals surface area contributed by atoms with Crippen molar-refractivity contribution in [2.45, 2.75) is 44.6 Å². The molecule has 1 aromatic carbocycles. The van der Waals surface area contributed by atoms with Gasteiger partial charge in [0.2, 0.25) is 0 Å². The molecule has 6 nitrogen and oxygen atoms in total. The van der Waals surface area contributed by atoms with Crippen LogP contribution in [0.2, 0.25) is 0 Å². The number of rotatable bonds is 3. The van der Waals surface area contributed by atoms with Crippen LogP contribution in [0.25, 0.3) is 10.9 Å². The van der Waals surface area contributed by atoms with E-state index in [0.29, 0.717) is 18.0 Å². The van der Waals surface area contributed by atoms with Gasteiger partial charge in [0.15, 0.2) is 0 Å². The first-order chi connectivity index (χ1) is 13.6.